The van der Waals surface area contributed by atoms with Crippen LogP contribution in [0.3, 0.4) is 0 Å². The van der Waals surface area contributed by atoms with Gasteiger partial charge in [0.2, 0.25) is 11.8 Å². The third-order valence-electron chi connectivity index (χ3n) is 5.85. The average molecular weight is 686 g/mol. The van der Waals surface area contributed by atoms with Crippen molar-refractivity contribution in [3.05, 3.63) is 64.6 Å². The second-order valence-corrected chi connectivity index (χ2v) is 12.0. The predicted octanol–water partition coefficient (Wildman–Crippen LogP) is 2.96. The lowest BCUT2D eigenvalue weighted by Crippen LogP contribution is -2.83. The monoisotopic (exact) mass is 685 g/mol. The van der Waals surface area contributed by atoms with E-state index in [-0.39, 0.29) is 46.0 Å². The molecule has 1 aromatic carbocycles. The molecule has 2 rings (SSSR count). The molecule has 0 radical (unpaired) electrons. The lowest BCUT2D eigenvalue weighted by molar-refractivity contribution is -0.479. The minimum atomic E-state index is -0.635. The Labute approximate surface area is 254 Å². The van der Waals surface area contributed by atoms with E-state index in [0.717, 1.165) is 5.69 Å². The SMILES string of the molecule is CCOc1ncc(Cl)cc1C(=O)NCC(C)(C)CC(=O)N/C(C(=O)[NH2+]c1ccccc1)=C(\C[C@H](I)N(C)C)NC. The summed E-state index contributed by atoms with van der Waals surface area (Å²) < 4.78 is 5.54. The number of aromatic nitrogens is 1. The van der Waals surface area contributed by atoms with Crippen LogP contribution in [0.5, 0.6) is 5.88 Å². The number of benzene rings is 1. The minimum absolute atomic E-state index is 0.0554. The van der Waals surface area contributed by atoms with Gasteiger partial charge in [-0.1, -0.05) is 66.2 Å². The molecule has 0 aliphatic carbocycles. The van der Waals surface area contributed by atoms with Crippen LogP contribution in [0.2, 0.25) is 5.02 Å². The van der Waals surface area contributed by atoms with E-state index in [0.29, 0.717) is 23.7 Å². The average Bonchev–Trinajstić information content (AvgIpc) is 2.90. The molecule has 1 aromatic heterocycles. The van der Waals surface area contributed by atoms with Crippen molar-refractivity contribution in [2.24, 2.45) is 5.41 Å². The minimum Gasteiger partial charge on any atom is -0.477 e. The fourth-order valence-corrected chi connectivity index (χ4v) is 4.27. The molecule has 218 valence electrons. The van der Waals surface area contributed by atoms with E-state index in [1.807, 2.05) is 63.2 Å². The fraction of sp³-hybridized carbons (Fsp3) is 0.429. The smallest absolute Gasteiger partial charge is 0.365 e. The quantitative estimate of drug-likeness (QED) is 0.0792. The summed E-state index contributed by atoms with van der Waals surface area (Å²) in [4.78, 5) is 45.6. The topological polar surface area (TPSA) is 129 Å². The van der Waals surface area contributed by atoms with Crippen LogP contribution in [0.1, 0.15) is 44.0 Å². The Kier molecular flexibility index (Phi) is 13.3. The number of primary amides is 1. The largest absolute Gasteiger partial charge is 0.477 e. The molecule has 1 atom stereocenters. The van der Waals surface area contributed by atoms with Crippen LogP contribution in [0.15, 0.2) is 54.0 Å². The first kappa shape index (κ1) is 33.5. The van der Waals surface area contributed by atoms with Crippen molar-refractivity contribution in [2.75, 3.05) is 34.3 Å². The Hall–Kier alpha value is -2.74. The molecule has 10 nitrogen and oxygen atoms in total. The van der Waals surface area contributed by atoms with Gasteiger partial charge in [-0.2, -0.15) is 0 Å². The van der Waals surface area contributed by atoms with Gasteiger partial charge in [0.05, 0.1) is 15.7 Å². The molecule has 0 unspecified atom stereocenters. The number of amides is 3. The Morgan fingerprint density at radius 1 is 1.20 bits per heavy atom. The molecule has 40 heavy (non-hydrogen) atoms. The molecule has 0 aliphatic rings. The van der Waals surface area contributed by atoms with Crippen molar-refractivity contribution in [1.29, 1.82) is 0 Å². The zero-order chi connectivity index (χ0) is 29.9. The first-order chi connectivity index (χ1) is 18.9. The van der Waals surface area contributed by atoms with Gasteiger partial charge in [-0.15, -0.1) is 0 Å². The van der Waals surface area contributed by atoms with E-state index in [1.54, 1.807) is 14.0 Å². The third kappa shape index (κ3) is 10.7. The lowest BCUT2D eigenvalue weighted by atomic mass is 9.88. The summed E-state index contributed by atoms with van der Waals surface area (Å²) in [6.07, 6.45) is 1.99. The number of alkyl halides is 1. The van der Waals surface area contributed by atoms with Crippen LogP contribution < -0.4 is 26.0 Å². The number of ether oxygens (including phenoxy) is 1. The van der Waals surface area contributed by atoms with Gasteiger partial charge in [0.15, 0.2) is 5.70 Å². The summed E-state index contributed by atoms with van der Waals surface area (Å²) in [6, 6.07) is 10.7. The summed E-state index contributed by atoms with van der Waals surface area (Å²) in [6.45, 7) is 6.05. The van der Waals surface area contributed by atoms with E-state index in [4.69, 9.17) is 16.3 Å². The van der Waals surface area contributed by atoms with Crippen LogP contribution in [0.4, 0.5) is 5.69 Å². The summed E-state index contributed by atoms with van der Waals surface area (Å²) in [7, 11) is 5.64. The number of pyridine rings is 1. The molecule has 3 amide bonds. The number of hydrogen-bond donors (Lipinski definition) is 4. The van der Waals surface area contributed by atoms with E-state index >= 15 is 0 Å². The molecule has 2 aromatic rings. The number of para-hydroxylation sites is 1. The number of nitrogens with one attached hydrogen (secondary N) is 3. The first-order valence-electron chi connectivity index (χ1n) is 12.9. The van der Waals surface area contributed by atoms with Crippen molar-refractivity contribution in [1.82, 2.24) is 25.8 Å². The van der Waals surface area contributed by atoms with E-state index in [1.165, 1.54) is 17.6 Å². The normalized spacial score (nSPS) is 12.8. The van der Waals surface area contributed by atoms with Gasteiger partial charge in [-0.3, -0.25) is 14.5 Å². The number of carbonyl (C=O) groups is 3. The van der Waals surface area contributed by atoms with Gasteiger partial charge in [0.25, 0.3) is 5.91 Å². The van der Waals surface area contributed by atoms with Gasteiger partial charge >= 0.3 is 5.91 Å². The summed E-state index contributed by atoms with van der Waals surface area (Å²) in [5.74, 6) is -0.872. The molecule has 0 aliphatic heterocycles. The number of nitrogens with zero attached hydrogens (tertiary/aromatic N) is 2. The van der Waals surface area contributed by atoms with Gasteiger partial charge in [-0.05, 0) is 44.6 Å². The molecule has 0 spiro atoms. The van der Waals surface area contributed by atoms with Crippen LogP contribution in [-0.2, 0) is 9.59 Å². The van der Waals surface area contributed by atoms with Crippen LogP contribution in [0, 0.1) is 5.41 Å². The summed E-state index contributed by atoms with van der Waals surface area (Å²) >= 11 is 8.33. The highest BCUT2D eigenvalue weighted by molar-refractivity contribution is 14.1. The van der Waals surface area contributed by atoms with Gasteiger partial charge < -0.3 is 20.7 Å². The zero-order valence-corrected chi connectivity index (χ0v) is 26.7. The molecule has 0 bridgehead atoms. The molecule has 0 saturated heterocycles. The van der Waals surface area contributed by atoms with Crippen molar-refractivity contribution < 1.29 is 24.4 Å². The number of carbonyl (C=O) groups excluding carboxylic acids is 3. The Balaban J connectivity index is 2.18. The van der Waals surface area contributed by atoms with E-state index < -0.39 is 11.3 Å². The van der Waals surface area contributed by atoms with Crippen molar-refractivity contribution in [3.8, 4) is 5.88 Å². The molecular formula is C28H39ClIN6O4+. The van der Waals surface area contributed by atoms with Crippen molar-refractivity contribution >= 4 is 57.6 Å². The molecule has 12 heteroatoms. The lowest BCUT2D eigenvalue weighted by Gasteiger charge is -2.25. The Bertz CT molecular complexity index is 1210. The predicted molar refractivity (Wildman–Crippen MR) is 165 cm³/mol. The highest BCUT2D eigenvalue weighted by atomic mass is 127. The molecule has 0 saturated carbocycles. The number of halogens is 2. The number of nitrogens with two attached hydrogens (primary N) is 1. The Morgan fingerprint density at radius 3 is 2.48 bits per heavy atom. The van der Waals surface area contributed by atoms with Crippen LogP contribution >= 0.6 is 34.2 Å². The van der Waals surface area contributed by atoms with Gasteiger partial charge in [0, 0.05) is 38.3 Å². The third-order valence-corrected chi connectivity index (χ3v) is 7.62. The second kappa shape index (κ2) is 15.9. The maximum atomic E-state index is 13.4. The molecule has 0 fully saturated rings. The maximum Gasteiger partial charge on any atom is 0.365 e. The fourth-order valence-electron chi connectivity index (χ4n) is 3.68. The van der Waals surface area contributed by atoms with E-state index in [9.17, 15) is 14.4 Å². The molecule has 1 heterocycles. The van der Waals surface area contributed by atoms with Gasteiger partial charge in [0.1, 0.15) is 11.3 Å². The molecule has 5 N–H and O–H groups in total. The zero-order valence-electron chi connectivity index (χ0n) is 23.8. The standard InChI is InChI=1S/C28H38ClIN6O4/c1-7-40-27-20(13-18(29)16-32-27)25(38)33-17-28(2,3)15-23(37)35-24(21(31-4)14-22(30)36(5)6)26(39)34-19-11-9-8-10-12-19/h8-13,16,22,31H,7,14-15,17H2,1-6H3,(H,33,38)(H,34,39)(H,35,37)/p+1/b24-21+/t22-/m1/s1. The van der Waals surface area contributed by atoms with Crippen molar-refractivity contribution in [3.63, 3.8) is 0 Å². The van der Waals surface area contributed by atoms with Crippen molar-refractivity contribution in [2.45, 2.75) is 37.7 Å². The van der Waals surface area contributed by atoms with Crippen LogP contribution in [0.25, 0.3) is 0 Å². The first-order valence-corrected chi connectivity index (χ1v) is 14.5. The number of hydrogen-bond acceptors (Lipinski definition) is 7. The molecular weight excluding hydrogens is 647 g/mol. The highest BCUT2D eigenvalue weighted by Gasteiger charge is 2.28. The summed E-state index contributed by atoms with van der Waals surface area (Å²) in [5, 5.41) is 10.6. The van der Waals surface area contributed by atoms with Crippen LogP contribution in [-0.4, -0.2) is 65.9 Å². The maximum absolute atomic E-state index is 13.4. The van der Waals surface area contributed by atoms with Gasteiger partial charge in [-0.25, -0.2) is 15.1 Å². The second-order valence-electron chi connectivity index (χ2n) is 10.1. The summed E-state index contributed by atoms with van der Waals surface area (Å²) in [5.41, 5.74) is 1.14. The van der Waals surface area contributed by atoms with E-state index in [2.05, 4.69) is 43.5 Å². The Morgan fingerprint density at radius 2 is 1.88 bits per heavy atom. The highest BCUT2D eigenvalue weighted by Crippen LogP contribution is 2.23. The number of rotatable bonds is 14. The number of quaternary nitrogens is 1.